The third-order valence-corrected chi connectivity index (χ3v) is 4.86. The topological polar surface area (TPSA) is 185 Å². The molecule has 7 N–H and O–H groups in total. The first-order chi connectivity index (χ1) is 9.19. The minimum absolute atomic E-state index is 0.465. The fourth-order valence-corrected chi connectivity index (χ4v) is 2.51. The van der Waals surface area contributed by atoms with E-state index >= 15 is 0 Å². The summed E-state index contributed by atoms with van der Waals surface area (Å²) in [5.41, 5.74) is -0.465. The van der Waals surface area contributed by atoms with E-state index in [1.165, 1.54) is 0 Å². The molecule has 13 heteroatoms. The van der Waals surface area contributed by atoms with Crippen LogP contribution in [0.3, 0.4) is 0 Å². The minimum Gasteiger partial charge on any atom is -0.324 e. The molecule has 0 aromatic heterocycles. The van der Waals surface area contributed by atoms with Gasteiger partial charge in [-0.25, -0.2) is 0 Å². The van der Waals surface area contributed by atoms with E-state index in [2.05, 4.69) is 0 Å². The van der Waals surface area contributed by atoms with Crippen LogP contribution in [0.5, 0.6) is 0 Å². The molecule has 0 radical (unpaired) electrons. The summed E-state index contributed by atoms with van der Waals surface area (Å²) in [5, 5.41) is 1.94. The molecule has 130 valence electrons. The van der Waals surface area contributed by atoms with Crippen LogP contribution in [0.4, 0.5) is 0 Å². The fourth-order valence-electron chi connectivity index (χ4n) is 1.01. The molecule has 0 rings (SSSR count). The van der Waals surface area contributed by atoms with Crippen LogP contribution in [0.15, 0.2) is 0 Å². The van der Waals surface area contributed by atoms with E-state index in [0.29, 0.717) is 6.42 Å². The summed E-state index contributed by atoms with van der Waals surface area (Å²) in [6.07, 6.45) is 1.06. The molecule has 10 nitrogen and oxygen atoms in total. The Morgan fingerprint density at radius 1 is 0.905 bits per heavy atom. The molecular weight excluding hydrogens is 347 g/mol. The monoisotopic (exact) mass is 371 g/mol. The van der Waals surface area contributed by atoms with Crippen molar-refractivity contribution in [1.82, 2.24) is 5.32 Å². The molecule has 0 aromatic carbocycles. The van der Waals surface area contributed by atoms with E-state index in [1.54, 1.807) is 6.92 Å². The summed E-state index contributed by atoms with van der Waals surface area (Å²) in [6, 6.07) is 0. The Hall–Kier alpha value is 0.410. The van der Waals surface area contributed by atoms with E-state index in [0.717, 1.165) is 12.8 Å². The molecule has 0 spiro atoms. The molecule has 0 bridgehead atoms. The first-order valence-electron chi connectivity index (χ1n) is 6.04. The lowest BCUT2D eigenvalue weighted by Crippen LogP contribution is -2.16. The summed E-state index contributed by atoms with van der Waals surface area (Å²) >= 11 is 0. The van der Waals surface area contributed by atoms with Crippen molar-refractivity contribution >= 4 is 22.8 Å². The second kappa shape index (κ2) is 10.2. The van der Waals surface area contributed by atoms with Gasteiger partial charge >= 0.3 is 22.8 Å². The Bertz CT molecular complexity index is 389. The predicted molar refractivity (Wildman–Crippen MR) is 78.0 cm³/mol. The molecule has 0 heterocycles. The molecule has 1 atom stereocenters. The van der Waals surface area contributed by atoms with Gasteiger partial charge in [0.15, 0.2) is 0 Å². The van der Waals surface area contributed by atoms with Crippen LogP contribution in [-0.2, 0) is 13.7 Å². The van der Waals surface area contributed by atoms with Gasteiger partial charge in [-0.05, 0) is 6.42 Å². The van der Waals surface area contributed by atoms with Crippen molar-refractivity contribution < 1.29 is 43.1 Å². The maximum absolute atomic E-state index is 10.5. The lowest BCUT2D eigenvalue weighted by molar-refractivity contribution is 0.355. The van der Waals surface area contributed by atoms with Gasteiger partial charge in [0.2, 0.25) is 0 Å². The number of unbranched alkanes of at least 4 members (excludes halogenated alkanes) is 1. The standard InChI is InChI=1S/C6H15O3P.C2H9NO6P2/c1-3-4-5-6(2)10(7,8)9;4-10(5,6)1-3-2-11(7,8)9/h6H,3-5H2,1-2H3,(H2,7,8,9);3H,1-2H2,(H2,4,5,6)(H2,7,8,9). The second-order valence-electron chi connectivity index (χ2n) is 4.48. The highest BCUT2D eigenvalue weighted by molar-refractivity contribution is 7.53. The molecule has 0 saturated carbocycles. The van der Waals surface area contributed by atoms with E-state index in [4.69, 9.17) is 29.4 Å². The van der Waals surface area contributed by atoms with Crippen molar-refractivity contribution in [1.29, 1.82) is 0 Å². The minimum atomic E-state index is -4.21. The summed E-state index contributed by atoms with van der Waals surface area (Å²) in [7, 11) is -12.2. The fraction of sp³-hybridized carbons (Fsp3) is 1.00. The first-order valence-corrected chi connectivity index (χ1v) is 11.3. The lowest BCUT2D eigenvalue weighted by atomic mass is 10.2. The quantitative estimate of drug-likeness (QED) is 0.298. The van der Waals surface area contributed by atoms with Crippen LogP contribution < -0.4 is 5.32 Å². The summed E-state index contributed by atoms with van der Waals surface area (Å²) in [4.78, 5) is 50.1. The van der Waals surface area contributed by atoms with Crippen LogP contribution in [0, 0.1) is 0 Å². The maximum Gasteiger partial charge on any atom is 0.339 e. The summed E-state index contributed by atoms with van der Waals surface area (Å²) in [6.45, 7) is 3.60. The van der Waals surface area contributed by atoms with Crippen molar-refractivity contribution in [3.05, 3.63) is 0 Å². The third kappa shape index (κ3) is 20.4. The van der Waals surface area contributed by atoms with Crippen LogP contribution in [-0.4, -0.2) is 47.6 Å². The normalized spacial score (nSPS) is 14.3. The zero-order valence-corrected chi connectivity index (χ0v) is 14.5. The molecule has 0 amide bonds. The first kappa shape index (κ1) is 23.7. The highest BCUT2D eigenvalue weighted by Crippen LogP contribution is 2.43. The SMILES string of the molecule is CCCCC(C)P(=O)(O)O.O=P(O)(O)CNCP(=O)(O)O. The average molecular weight is 371 g/mol. The predicted octanol–water partition coefficient (Wildman–Crippen LogP) is 0.589. The molecule has 0 aromatic rings. The van der Waals surface area contributed by atoms with Gasteiger partial charge in [-0.15, -0.1) is 0 Å². The van der Waals surface area contributed by atoms with E-state index in [1.807, 2.05) is 12.2 Å². The van der Waals surface area contributed by atoms with Crippen LogP contribution >= 0.6 is 22.8 Å². The highest BCUT2D eigenvalue weighted by Gasteiger charge is 2.22. The van der Waals surface area contributed by atoms with E-state index < -0.39 is 41.0 Å². The van der Waals surface area contributed by atoms with Gasteiger partial charge in [0, 0.05) is 0 Å². The number of rotatable bonds is 8. The maximum atomic E-state index is 10.5. The third-order valence-electron chi connectivity index (χ3n) is 2.19. The molecule has 0 fully saturated rings. The largest absolute Gasteiger partial charge is 0.339 e. The van der Waals surface area contributed by atoms with Gasteiger partial charge in [-0.2, -0.15) is 0 Å². The van der Waals surface area contributed by atoms with Crippen LogP contribution in [0.1, 0.15) is 33.1 Å². The molecule has 0 aliphatic rings. The molecule has 1 unspecified atom stereocenters. The molecule has 0 aliphatic heterocycles. The van der Waals surface area contributed by atoms with Crippen LogP contribution in [0.25, 0.3) is 0 Å². The van der Waals surface area contributed by atoms with Gasteiger partial charge in [0.25, 0.3) is 0 Å². The Morgan fingerprint density at radius 3 is 1.52 bits per heavy atom. The Morgan fingerprint density at radius 2 is 1.29 bits per heavy atom. The summed E-state index contributed by atoms with van der Waals surface area (Å²) < 4.78 is 30.7. The molecule has 0 aliphatic carbocycles. The van der Waals surface area contributed by atoms with Gasteiger partial charge in [0.05, 0.1) is 18.2 Å². The van der Waals surface area contributed by atoms with Gasteiger partial charge in [0.1, 0.15) is 0 Å². The summed E-state index contributed by atoms with van der Waals surface area (Å²) in [5.74, 6) is 0. The van der Waals surface area contributed by atoms with Crippen molar-refractivity contribution in [2.45, 2.75) is 38.8 Å². The number of hydrogen-bond acceptors (Lipinski definition) is 4. The zero-order valence-electron chi connectivity index (χ0n) is 11.9. The molecule has 0 saturated heterocycles. The van der Waals surface area contributed by atoms with Crippen LogP contribution in [0.2, 0.25) is 0 Å². The van der Waals surface area contributed by atoms with Gasteiger partial charge < -0.3 is 29.4 Å². The van der Waals surface area contributed by atoms with E-state index in [-0.39, 0.29) is 0 Å². The lowest BCUT2D eigenvalue weighted by Gasteiger charge is -2.11. The Balaban J connectivity index is 0. The second-order valence-corrected chi connectivity index (χ2v) is 9.83. The average Bonchev–Trinajstić information content (AvgIpc) is 2.21. The Kier molecular flexibility index (Phi) is 11.5. The number of hydrogen-bond donors (Lipinski definition) is 7. The van der Waals surface area contributed by atoms with Crippen molar-refractivity contribution in [3.63, 3.8) is 0 Å². The highest BCUT2D eigenvalue weighted by atomic mass is 31.2. The number of nitrogens with one attached hydrogen (secondary N) is 1. The van der Waals surface area contributed by atoms with Gasteiger partial charge in [-0.1, -0.05) is 26.7 Å². The zero-order chi connectivity index (χ0) is 17.3. The van der Waals surface area contributed by atoms with Crippen molar-refractivity contribution in [3.8, 4) is 0 Å². The van der Waals surface area contributed by atoms with E-state index in [9.17, 15) is 13.7 Å². The molecular formula is C8H24NO9P3. The Labute approximate surface area is 123 Å². The van der Waals surface area contributed by atoms with Crippen molar-refractivity contribution in [2.24, 2.45) is 0 Å². The smallest absolute Gasteiger partial charge is 0.324 e. The van der Waals surface area contributed by atoms with Gasteiger partial charge in [-0.3, -0.25) is 19.0 Å². The molecule has 21 heavy (non-hydrogen) atoms. The van der Waals surface area contributed by atoms with Crippen molar-refractivity contribution in [2.75, 3.05) is 12.6 Å².